The third-order valence-electron chi connectivity index (χ3n) is 6.57. The van der Waals surface area contributed by atoms with Crippen molar-refractivity contribution in [1.82, 2.24) is 4.98 Å². The van der Waals surface area contributed by atoms with Crippen LogP contribution < -0.4 is 4.90 Å². The number of esters is 1. The van der Waals surface area contributed by atoms with Crippen molar-refractivity contribution in [3.05, 3.63) is 95.1 Å². The molecule has 7 heteroatoms. The van der Waals surface area contributed by atoms with Gasteiger partial charge in [-0.1, -0.05) is 53.8 Å². The van der Waals surface area contributed by atoms with Gasteiger partial charge >= 0.3 is 5.97 Å². The maximum Gasteiger partial charge on any atom is 0.339 e. The first kappa shape index (κ1) is 21.9. The fourth-order valence-corrected chi connectivity index (χ4v) is 5.73. The zero-order valence-electron chi connectivity index (χ0n) is 19.1. The molecule has 2 atom stereocenters. The summed E-state index contributed by atoms with van der Waals surface area (Å²) in [6.07, 6.45) is 2.06. The highest BCUT2D eigenvalue weighted by atomic mass is 32.1. The molecule has 3 heterocycles. The summed E-state index contributed by atoms with van der Waals surface area (Å²) in [5.74, 6) is -0.501. The Bertz CT molecular complexity index is 1360. The number of amides is 1. The largest absolute Gasteiger partial charge is 0.454 e. The molecular weight excluding hydrogens is 460 g/mol. The lowest BCUT2D eigenvalue weighted by Gasteiger charge is -2.26. The number of thiazole rings is 1. The van der Waals surface area contributed by atoms with Crippen LogP contribution in [0.4, 0.5) is 5.13 Å². The molecule has 2 aliphatic rings. The number of ether oxygens (including phenoxy) is 2. The molecule has 1 aromatic heterocycles. The number of para-hydroxylation sites is 1. The lowest BCUT2D eigenvalue weighted by atomic mass is 9.93. The number of rotatable bonds is 5. The Labute approximate surface area is 207 Å². The van der Waals surface area contributed by atoms with Crippen molar-refractivity contribution in [1.29, 1.82) is 0 Å². The van der Waals surface area contributed by atoms with E-state index in [-0.39, 0.29) is 24.1 Å². The van der Waals surface area contributed by atoms with Gasteiger partial charge in [-0.2, -0.15) is 0 Å². The third-order valence-corrected chi connectivity index (χ3v) is 7.63. The van der Waals surface area contributed by atoms with Crippen molar-refractivity contribution >= 4 is 38.6 Å². The first-order valence-corrected chi connectivity index (χ1v) is 12.7. The normalized spacial score (nSPS) is 19.4. The Kier molecular flexibility index (Phi) is 5.80. The van der Waals surface area contributed by atoms with E-state index in [2.05, 4.69) is 0 Å². The van der Waals surface area contributed by atoms with E-state index in [0.717, 1.165) is 34.2 Å². The minimum Gasteiger partial charge on any atom is -0.454 e. The molecule has 0 spiro atoms. The number of nitrogens with zero attached hydrogens (tertiary/aromatic N) is 2. The molecule has 1 fully saturated rings. The van der Waals surface area contributed by atoms with Crippen LogP contribution in [0.5, 0.6) is 0 Å². The average molecular weight is 485 g/mol. The van der Waals surface area contributed by atoms with Crippen LogP contribution in [0.1, 0.15) is 50.8 Å². The molecular formula is C28H24N2O4S. The van der Waals surface area contributed by atoms with Gasteiger partial charge in [0.15, 0.2) is 5.13 Å². The van der Waals surface area contributed by atoms with E-state index in [9.17, 15) is 9.59 Å². The number of hydrogen-bond donors (Lipinski definition) is 0. The Hall–Kier alpha value is -3.55. The van der Waals surface area contributed by atoms with E-state index < -0.39 is 0 Å². The molecule has 0 radical (unpaired) electrons. The molecule has 0 saturated carbocycles. The molecule has 0 unspecified atom stereocenters. The summed E-state index contributed by atoms with van der Waals surface area (Å²) in [5.41, 5.74) is 3.68. The standard InChI is InChI=1S/C28H24N2O4S/c31-26(30(17-21-9-6-14-33-21)28-29-23-10-4-5-11-25(23)35-28)19-12-13-22-20(15-19)16-24(34-27(22)32)18-7-2-1-3-8-18/h1-5,7-8,10-13,15,21,24H,6,9,14,16-17H2/t21-,24+/m0/s1. The molecule has 3 aromatic carbocycles. The van der Waals surface area contributed by atoms with E-state index in [4.69, 9.17) is 14.5 Å². The van der Waals surface area contributed by atoms with Crippen LogP contribution in [-0.4, -0.2) is 36.1 Å². The number of carbonyl (C=O) groups is 2. The lowest BCUT2D eigenvalue weighted by molar-refractivity contribution is 0.0252. The zero-order valence-corrected chi connectivity index (χ0v) is 19.9. The Morgan fingerprint density at radius 2 is 1.89 bits per heavy atom. The highest BCUT2D eigenvalue weighted by molar-refractivity contribution is 7.22. The van der Waals surface area contributed by atoms with Gasteiger partial charge in [0, 0.05) is 18.6 Å². The van der Waals surface area contributed by atoms with Gasteiger partial charge in [-0.15, -0.1) is 0 Å². The number of benzene rings is 3. The zero-order chi connectivity index (χ0) is 23.8. The predicted molar refractivity (Wildman–Crippen MR) is 135 cm³/mol. The van der Waals surface area contributed by atoms with Crippen LogP contribution in [0, 0.1) is 0 Å². The van der Waals surface area contributed by atoms with Crippen LogP contribution in [0.2, 0.25) is 0 Å². The Morgan fingerprint density at radius 1 is 1.06 bits per heavy atom. The molecule has 6 rings (SSSR count). The van der Waals surface area contributed by atoms with Gasteiger partial charge < -0.3 is 9.47 Å². The Balaban J connectivity index is 1.34. The summed E-state index contributed by atoms with van der Waals surface area (Å²) in [6, 6.07) is 22.8. The van der Waals surface area contributed by atoms with Crippen molar-refractivity contribution in [3.63, 3.8) is 0 Å². The van der Waals surface area contributed by atoms with E-state index in [1.165, 1.54) is 11.3 Å². The molecule has 2 aliphatic heterocycles. The van der Waals surface area contributed by atoms with E-state index >= 15 is 0 Å². The summed E-state index contributed by atoms with van der Waals surface area (Å²) in [4.78, 5) is 33.0. The highest BCUT2D eigenvalue weighted by Crippen LogP contribution is 2.33. The maximum atomic E-state index is 13.8. The summed E-state index contributed by atoms with van der Waals surface area (Å²) in [7, 11) is 0. The number of hydrogen-bond acceptors (Lipinski definition) is 6. The van der Waals surface area contributed by atoms with Crippen LogP contribution >= 0.6 is 11.3 Å². The van der Waals surface area contributed by atoms with Crippen molar-refractivity contribution in [3.8, 4) is 0 Å². The number of anilines is 1. The van der Waals surface area contributed by atoms with E-state index in [1.807, 2.05) is 60.7 Å². The molecule has 0 bridgehead atoms. The van der Waals surface area contributed by atoms with E-state index in [0.29, 0.717) is 35.8 Å². The second kappa shape index (κ2) is 9.24. The van der Waals surface area contributed by atoms with Gasteiger partial charge in [0.2, 0.25) is 0 Å². The fraction of sp³-hybridized carbons (Fsp3) is 0.250. The SMILES string of the molecule is O=C1O[C@@H](c2ccccc2)Cc2cc(C(=O)N(C[C@@H]3CCCO3)c3nc4ccccc4s3)ccc21. The van der Waals surface area contributed by atoms with Gasteiger partial charge in [0.1, 0.15) is 6.10 Å². The molecule has 6 nitrogen and oxygen atoms in total. The average Bonchev–Trinajstić information content (AvgIpc) is 3.57. The van der Waals surface area contributed by atoms with Gasteiger partial charge in [-0.05, 0) is 54.3 Å². The van der Waals surface area contributed by atoms with Crippen LogP contribution in [0.3, 0.4) is 0 Å². The topological polar surface area (TPSA) is 68.7 Å². The summed E-state index contributed by atoms with van der Waals surface area (Å²) in [5, 5.41) is 0.658. The second-order valence-electron chi connectivity index (χ2n) is 8.90. The summed E-state index contributed by atoms with van der Waals surface area (Å²) >= 11 is 1.50. The molecule has 35 heavy (non-hydrogen) atoms. The lowest BCUT2D eigenvalue weighted by Crippen LogP contribution is -2.37. The van der Waals surface area contributed by atoms with Crippen molar-refractivity contribution in [2.24, 2.45) is 0 Å². The number of aromatic nitrogens is 1. The van der Waals surface area contributed by atoms with Crippen molar-refractivity contribution in [2.45, 2.75) is 31.5 Å². The number of carbonyl (C=O) groups excluding carboxylic acids is 2. The summed E-state index contributed by atoms with van der Waals surface area (Å²) in [6.45, 7) is 1.17. The van der Waals surface area contributed by atoms with Gasteiger partial charge in [-0.3, -0.25) is 9.69 Å². The molecule has 0 N–H and O–H groups in total. The molecule has 0 aliphatic carbocycles. The number of cyclic esters (lactones) is 1. The summed E-state index contributed by atoms with van der Waals surface area (Å²) < 4.78 is 12.6. The van der Waals surface area contributed by atoms with Gasteiger partial charge in [0.05, 0.1) is 28.4 Å². The Morgan fingerprint density at radius 3 is 2.69 bits per heavy atom. The predicted octanol–water partition coefficient (Wildman–Crippen LogP) is 5.58. The molecule has 1 amide bonds. The number of fused-ring (bicyclic) bond motifs is 2. The smallest absolute Gasteiger partial charge is 0.339 e. The van der Waals surface area contributed by atoms with Crippen molar-refractivity contribution in [2.75, 3.05) is 18.1 Å². The molecule has 1 saturated heterocycles. The van der Waals surface area contributed by atoms with Crippen LogP contribution in [0.25, 0.3) is 10.2 Å². The molecule has 4 aromatic rings. The highest BCUT2D eigenvalue weighted by Gasteiger charge is 2.31. The quantitative estimate of drug-likeness (QED) is 0.346. The first-order valence-electron chi connectivity index (χ1n) is 11.8. The maximum absolute atomic E-state index is 13.8. The third kappa shape index (κ3) is 4.33. The van der Waals surface area contributed by atoms with Crippen LogP contribution in [0.15, 0.2) is 72.8 Å². The fourth-order valence-electron chi connectivity index (χ4n) is 4.75. The van der Waals surface area contributed by atoms with Crippen LogP contribution in [-0.2, 0) is 15.9 Å². The first-order chi connectivity index (χ1) is 17.2. The van der Waals surface area contributed by atoms with E-state index in [1.54, 1.807) is 17.0 Å². The van der Waals surface area contributed by atoms with Gasteiger partial charge in [-0.25, -0.2) is 9.78 Å². The minimum absolute atomic E-state index is 0.0129. The van der Waals surface area contributed by atoms with Crippen molar-refractivity contribution < 1.29 is 19.1 Å². The monoisotopic (exact) mass is 484 g/mol. The second-order valence-corrected chi connectivity index (χ2v) is 9.90. The van der Waals surface area contributed by atoms with Gasteiger partial charge in [0.25, 0.3) is 5.91 Å². The molecule has 176 valence electrons. The minimum atomic E-state index is -0.367.